The van der Waals surface area contributed by atoms with Crippen LogP contribution in [0.4, 0.5) is 0 Å². The average molecular weight is 387 g/mol. The average Bonchev–Trinajstić information content (AvgIpc) is 2.74. The van der Waals surface area contributed by atoms with Gasteiger partial charge in [-0.05, 0) is 64.9 Å². The van der Waals surface area contributed by atoms with Crippen LogP contribution in [0.2, 0.25) is 0 Å². The molecule has 0 bridgehead atoms. The number of aliphatic hydroxyl groups excluding tert-OH is 1. The topological polar surface area (TPSA) is 72.3 Å². The molecule has 0 amide bonds. The highest BCUT2D eigenvalue weighted by atomic mass is 16.3. The van der Waals surface area contributed by atoms with Gasteiger partial charge in [0.15, 0.2) is 0 Å². The summed E-state index contributed by atoms with van der Waals surface area (Å²) >= 11 is 0. The molecule has 3 heteroatoms. The first-order chi connectivity index (χ1) is 13.9. The predicted molar refractivity (Wildman–Crippen MR) is 123 cm³/mol. The minimum atomic E-state index is -0.319. The van der Waals surface area contributed by atoms with Crippen LogP contribution < -0.4 is 11.5 Å². The van der Waals surface area contributed by atoms with Crippen LogP contribution in [-0.4, -0.2) is 5.11 Å². The van der Waals surface area contributed by atoms with Crippen LogP contribution in [0.1, 0.15) is 34.7 Å². The zero-order chi connectivity index (χ0) is 21.0. The Balaban J connectivity index is 2.12. The molecule has 0 aromatic heterocycles. The maximum Gasteiger partial charge on any atom is 0.130 e. The van der Waals surface area contributed by atoms with Crippen molar-refractivity contribution in [2.45, 2.75) is 39.2 Å². The van der Waals surface area contributed by atoms with E-state index in [1.165, 1.54) is 39.2 Å². The highest BCUT2D eigenvalue weighted by Crippen LogP contribution is 2.34. The van der Waals surface area contributed by atoms with E-state index in [4.69, 9.17) is 11.5 Å². The minimum Gasteiger partial charge on any atom is -0.506 e. The minimum absolute atomic E-state index is 0.0592. The highest BCUT2D eigenvalue weighted by Gasteiger charge is 2.26. The Morgan fingerprint density at radius 3 is 2.28 bits per heavy atom. The van der Waals surface area contributed by atoms with Gasteiger partial charge in [-0.2, -0.15) is 0 Å². The molecule has 3 nitrogen and oxygen atoms in total. The van der Waals surface area contributed by atoms with Crippen molar-refractivity contribution in [1.29, 1.82) is 0 Å². The summed E-state index contributed by atoms with van der Waals surface area (Å²) in [5, 5.41) is 12.3. The monoisotopic (exact) mass is 386 g/mol. The van der Waals surface area contributed by atoms with Gasteiger partial charge >= 0.3 is 0 Å². The summed E-state index contributed by atoms with van der Waals surface area (Å²) in [5.41, 5.74) is 17.1. The summed E-state index contributed by atoms with van der Waals surface area (Å²) < 4.78 is 0. The van der Waals surface area contributed by atoms with Gasteiger partial charge < -0.3 is 16.6 Å². The van der Waals surface area contributed by atoms with Crippen LogP contribution >= 0.6 is 0 Å². The molecule has 0 saturated heterocycles. The second-order valence-corrected chi connectivity index (χ2v) is 7.99. The van der Waals surface area contributed by atoms with Gasteiger partial charge in [-0.1, -0.05) is 67.6 Å². The molecule has 0 aliphatic carbocycles. The summed E-state index contributed by atoms with van der Waals surface area (Å²) in [4.78, 5) is 0. The highest BCUT2D eigenvalue weighted by molar-refractivity contribution is 5.83. The standard InChI is InChI=1S/C26H30N2O/c1-18-12-20(16-27)13-19(2)25(18)15-26(3,11-10-24(29)17-28)23-9-8-21-6-4-5-7-22(21)14-23/h4-14,17,29H,15-16,27-28H2,1-3H3/b11-10-,24-17+. The predicted octanol–water partition coefficient (Wildman–Crippen LogP) is 5.33. The van der Waals surface area contributed by atoms with Crippen molar-refractivity contribution < 1.29 is 5.11 Å². The number of aryl methyl sites for hydroxylation is 2. The molecule has 3 aromatic carbocycles. The Morgan fingerprint density at radius 1 is 1.00 bits per heavy atom. The van der Waals surface area contributed by atoms with Gasteiger partial charge in [-0.25, -0.2) is 0 Å². The number of hydrogen-bond acceptors (Lipinski definition) is 3. The van der Waals surface area contributed by atoms with Crippen LogP contribution in [0.25, 0.3) is 10.8 Å². The molecule has 0 radical (unpaired) electrons. The molecule has 3 aromatic rings. The molecule has 5 N–H and O–H groups in total. The Bertz CT molecular complexity index is 1060. The second-order valence-electron chi connectivity index (χ2n) is 7.99. The first-order valence-electron chi connectivity index (χ1n) is 9.95. The Labute approximate surface area is 173 Å². The van der Waals surface area contributed by atoms with Crippen molar-refractivity contribution in [1.82, 2.24) is 0 Å². The summed E-state index contributed by atoms with van der Waals surface area (Å²) in [6.45, 7) is 7.03. The number of aliphatic hydroxyl groups is 1. The van der Waals surface area contributed by atoms with E-state index in [2.05, 4.69) is 75.4 Å². The maximum absolute atomic E-state index is 9.92. The van der Waals surface area contributed by atoms with E-state index < -0.39 is 0 Å². The fraction of sp³-hybridized carbons (Fsp3) is 0.231. The number of benzene rings is 3. The molecular formula is C26H30N2O. The summed E-state index contributed by atoms with van der Waals surface area (Å²) in [7, 11) is 0. The van der Waals surface area contributed by atoms with E-state index in [0.717, 1.165) is 12.0 Å². The molecule has 0 spiro atoms. The lowest BCUT2D eigenvalue weighted by Gasteiger charge is -2.29. The van der Waals surface area contributed by atoms with E-state index >= 15 is 0 Å². The van der Waals surface area contributed by atoms with E-state index in [1.807, 2.05) is 6.08 Å². The van der Waals surface area contributed by atoms with Gasteiger partial charge in [0.25, 0.3) is 0 Å². The maximum atomic E-state index is 9.92. The van der Waals surface area contributed by atoms with Gasteiger partial charge in [-0.3, -0.25) is 0 Å². The smallest absolute Gasteiger partial charge is 0.130 e. The lowest BCUT2D eigenvalue weighted by atomic mass is 9.74. The van der Waals surface area contributed by atoms with Gasteiger partial charge in [0.05, 0.1) is 0 Å². The van der Waals surface area contributed by atoms with Crippen LogP contribution in [0.15, 0.2) is 78.7 Å². The van der Waals surface area contributed by atoms with Crippen LogP contribution in [0, 0.1) is 13.8 Å². The van der Waals surface area contributed by atoms with Crippen molar-refractivity contribution in [3.63, 3.8) is 0 Å². The van der Waals surface area contributed by atoms with Crippen molar-refractivity contribution >= 4 is 10.8 Å². The molecule has 3 rings (SSSR count). The molecule has 29 heavy (non-hydrogen) atoms. The molecule has 150 valence electrons. The zero-order valence-corrected chi connectivity index (χ0v) is 17.4. The van der Waals surface area contributed by atoms with Gasteiger partial charge in [0.2, 0.25) is 0 Å². The Morgan fingerprint density at radius 2 is 1.66 bits per heavy atom. The lowest BCUT2D eigenvalue weighted by Crippen LogP contribution is -2.24. The zero-order valence-electron chi connectivity index (χ0n) is 17.4. The normalized spacial score (nSPS) is 14.4. The SMILES string of the molecule is Cc1cc(CN)cc(C)c1CC(C)(/C=C\C(O)=C/N)c1ccc2ccccc2c1. The summed E-state index contributed by atoms with van der Waals surface area (Å²) in [6, 6.07) is 19.3. The summed E-state index contributed by atoms with van der Waals surface area (Å²) in [5.74, 6) is 0.0592. The number of fused-ring (bicyclic) bond motifs is 1. The van der Waals surface area contributed by atoms with E-state index in [-0.39, 0.29) is 11.2 Å². The largest absolute Gasteiger partial charge is 0.506 e. The Kier molecular flexibility index (Phi) is 6.09. The van der Waals surface area contributed by atoms with Gasteiger partial charge in [0.1, 0.15) is 5.76 Å². The first-order valence-corrected chi connectivity index (χ1v) is 9.95. The molecular weight excluding hydrogens is 356 g/mol. The van der Waals surface area contributed by atoms with Gasteiger partial charge in [-0.15, -0.1) is 0 Å². The van der Waals surface area contributed by atoms with Crippen LogP contribution in [0.5, 0.6) is 0 Å². The van der Waals surface area contributed by atoms with Crippen molar-refractivity contribution in [2.75, 3.05) is 0 Å². The molecule has 1 atom stereocenters. The fourth-order valence-electron chi connectivity index (χ4n) is 3.97. The van der Waals surface area contributed by atoms with Crippen molar-refractivity contribution in [3.8, 4) is 0 Å². The molecule has 1 unspecified atom stereocenters. The fourth-order valence-corrected chi connectivity index (χ4v) is 3.97. The van der Waals surface area contributed by atoms with Crippen LogP contribution in [0.3, 0.4) is 0 Å². The lowest BCUT2D eigenvalue weighted by molar-refractivity contribution is 0.428. The van der Waals surface area contributed by atoms with E-state index in [1.54, 1.807) is 6.08 Å². The molecule has 0 saturated carbocycles. The number of hydrogen-bond donors (Lipinski definition) is 3. The first kappa shape index (κ1) is 20.7. The third-order valence-electron chi connectivity index (χ3n) is 5.74. The van der Waals surface area contributed by atoms with E-state index in [0.29, 0.717) is 6.54 Å². The van der Waals surface area contributed by atoms with E-state index in [9.17, 15) is 5.11 Å². The second kappa shape index (κ2) is 8.54. The molecule has 0 heterocycles. The summed E-state index contributed by atoms with van der Waals surface area (Å²) in [6.07, 6.45) is 5.76. The van der Waals surface area contributed by atoms with Crippen LogP contribution in [-0.2, 0) is 18.4 Å². The third-order valence-corrected chi connectivity index (χ3v) is 5.74. The van der Waals surface area contributed by atoms with Crippen molar-refractivity contribution in [2.24, 2.45) is 11.5 Å². The Hall–Kier alpha value is -3.04. The number of rotatable bonds is 6. The number of nitrogens with two attached hydrogens (primary N) is 2. The molecule has 0 aliphatic heterocycles. The molecule has 0 aliphatic rings. The van der Waals surface area contributed by atoms with Crippen molar-refractivity contribution in [3.05, 3.63) is 107 Å². The van der Waals surface area contributed by atoms with Gasteiger partial charge in [0, 0.05) is 18.2 Å². The quantitative estimate of drug-likeness (QED) is 0.396. The number of allylic oxidation sites excluding steroid dienone is 2. The molecule has 0 fully saturated rings. The third kappa shape index (κ3) is 4.52.